The number of amides is 2. The number of H-pyrrole nitrogens is 1. The number of rotatable bonds is 4. The zero-order valence-electron chi connectivity index (χ0n) is 9.49. The van der Waals surface area contributed by atoms with Crippen LogP contribution in [0.4, 0.5) is 4.79 Å². The molecule has 0 bridgehead atoms. The van der Waals surface area contributed by atoms with Crippen LogP contribution in [0.3, 0.4) is 0 Å². The Balaban J connectivity index is 1.85. The second-order valence-corrected chi connectivity index (χ2v) is 5.06. The Labute approximate surface area is 106 Å². The van der Waals surface area contributed by atoms with E-state index in [9.17, 15) is 14.4 Å². The number of nitrogens with one attached hydrogen (secondary N) is 3. The summed E-state index contributed by atoms with van der Waals surface area (Å²) in [6.07, 6.45) is 1.69. The lowest BCUT2D eigenvalue weighted by atomic mass is 9.77. The number of thiazole rings is 1. The van der Waals surface area contributed by atoms with Gasteiger partial charge in [-0.15, -0.1) is 0 Å². The van der Waals surface area contributed by atoms with Gasteiger partial charge in [0.15, 0.2) is 0 Å². The summed E-state index contributed by atoms with van der Waals surface area (Å²) >= 11 is 1.01. The Morgan fingerprint density at radius 2 is 2.22 bits per heavy atom. The van der Waals surface area contributed by atoms with E-state index in [1.165, 1.54) is 0 Å². The summed E-state index contributed by atoms with van der Waals surface area (Å²) in [4.78, 5) is 35.8. The highest BCUT2D eigenvalue weighted by molar-refractivity contribution is 7.07. The number of carbonyl (C=O) groups excluding carboxylic acids is 1. The monoisotopic (exact) mass is 271 g/mol. The zero-order chi connectivity index (χ0) is 13.2. The molecule has 0 saturated heterocycles. The van der Waals surface area contributed by atoms with Gasteiger partial charge in [0, 0.05) is 11.1 Å². The minimum Gasteiger partial charge on any atom is -0.480 e. The molecule has 0 aliphatic heterocycles. The third-order valence-electron chi connectivity index (χ3n) is 2.98. The first kappa shape index (κ1) is 12.6. The van der Waals surface area contributed by atoms with E-state index in [1.807, 2.05) is 0 Å². The summed E-state index contributed by atoms with van der Waals surface area (Å²) in [6, 6.07) is -0.538. The number of carbonyl (C=O) groups is 2. The molecule has 18 heavy (non-hydrogen) atoms. The second kappa shape index (κ2) is 4.81. The lowest BCUT2D eigenvalue weighted by Crippen LogP contribution is -2.61. The van der Waals surface area contributed by atoms with Crippen LogP contribution in [0.2, 0.25) is 0 Å². The van der Waals surface area contributed by atoms with E-state index >= 15 is 0 Å². The van der Waals surface area contributed by atoms with Gasteiger partial charge in [-0.2, -0.15) is 0 Å². The highest BCUT2D eigenvalue weighted by Crippen LogP contribution is 2.31. The van der Waals surface area contributed by atoms with Crippen LogP contribution in [0.1, 0.15) is 25.0 Å². The Morgan fingerprint density at radius 1 is 1.50 bits per heavy atom. The standard InChI is InChI=1S/C10H13N3O4S/c14-7(15)10(2-1-3-10)13-8(16)11-4-6-5-18-9(17)12-6/h5H,1-4H2,(H,12,17)(H,14,15)(H2,11,13,16). The predicted octanol–water partition coefficient (Wildman–Crippen LogP) is 0.243. The van der Waals surface area contributed by atoms with Gasteiger partial charge >= 0.3 is 16.9 Å². The van der Waals surface area contributed by atoms with Crippen LogP contribution in [0, 0.1) is 0 Å². The number of aromatic amines is 1. The quantitative estimate of drug-likeness (QED) is 0.628. The fraction of sp³-hybridized carbons (Fsp3) is 0.500. The van der Waals surface area contributed by atoms with Crippen molar-refractivity contribution in [3.05, 3.63) is 20.7 Å². The van der Waals surface area contributed by atoms with Gasteiger partial charge < -0.3 is 20.7 Å². The van der Waals surface area contributed by atoms with Crippen LogP contribution in [0.15, 0.2) is 10.2 Å². The van der Waals surface area contributed by atoms with Crippen LogP contribution in [-0.4, -0.2) is 27.6 Å². The van der Waals surface area contributed by atoms with Crippen LogP contribution >= 0.6 is 11.3 Å². The van der Waals surface area contributed by atoms with Gasteiger partial charge in [-0.3, -0.25) is 4.79 Å². The maximum Gasteiger partial charge on any atom is 0.329 e. The number of urea groups is 1. The van der Waals surface area contributed by atoms with Crippen molar-refractivity contribution >= 4 is 23.3 Å². The third kappa shape index (κ3) is 2.53. The van der Waals surface area contributed by atoms with E-state index in [0.29, 0.717) is 18.5 Å². The molecule has 0 atom stereocenters. The molecule has 1 aliphatic carbocycles. The van der Waals surface area contributed by atoms with Crippen molar-refractivity contribution in [2.75, 3.05) is 0 Å². The minimum absolute atomic E-state index is 0.167. The first-order valence-corrected chi connectivity index (χ1v) is 6.36. The molecule has 1 aromatic rings. The number of aromatic nitrogens is 1. The molecule has 0 radical (unpaired) electrons. The van der Waals surface area contributed by atoms with E-state index in [0.717, 1.165) is 17.8 Å². The van der Waals surface area contributed by atoms with Gasteiger partial charge in [-0.1, -0.05) is 11.3 Å². The first-order chi connectivity index (χ1) is 8.52. The predicted molar refractivity (Wildman–Crippen MR) is 64.5 cm³/mol. The molecule has 98 valence electrons. The number of aliphatic carboxylic acids is 1. The molecule has 8 heteroatoms. The normalized spacial score (nSPS) is 16.7. The minimum atomic E-state index is -1.12. The molecule has 1 aliphatic rings. The molecule has 2 amide bonds. The van der Waals surface area contributed by atoms with E-state index < -0.39 is 17.5 Å². The highest BCUT2D eigenvalue weighted by atomic mass is 32.1. The van der Waals surface area contributed by atoms with E-state index in [-0.39, 0.29) is 11.4 Å². The van der Waals surface area contributed by atoms with Gasteiger partial charge in [0.2, 0.25) is 0 Å². The van der Waals surface area contributed by atoms with Gasteiger partial charge in [-0.05, 0) is 19.3 Å². The highest BCUT2D eigenvalue weighted by Gasteiger charge is 2.45. The van der Waals surface area contributed by atoms with Crippen molar-refractivity contribution in [1.29, 1.82) is 0 Å². The summed E-state index contributed by atoms with van der Waals surface area (Å²) < 4.78 is 0. The van der Waals surface area contributed by atoms with E-state index in [2.05, 4.69) is 15.6 Å². The average molecular weight is 271 g/mol. The molecule has 1 saturated carbocycles. The fourth-order valence-electron chi connectivity index (χ4n) is 1.76. The second-order valence-electron chi connectivity index (χ2n) is 4.22. The zero-order valence-corrected chi connectivity index (χ0v) is 10.3. The molecule has 4 N–H and O–H groups in total. The Kier molecular flexibility index (Phi) is 3.37. The number of hydrogen-bond donors (Lipinski definition) is 4. The van der Waals surface area contributed by atoms with E-state index in [1.54, 1.807) is 5.38 Å². The molecule has 2 rings (SSSR count). The average Bonchev–Trinajstić information content (AvgIpc) is 2.66. The van der Waals surface area contributed by atoms with Crippen molar-refractivity contribution < 1.29 is 14.7 Å². The van der Waals surface area contributed by atoms with Crippen molar-refractivity contribution in [3.8, 4) is 0 Å². The van der Waals surface area contributed by atoms with Gasteiger partial charge in [0.05, 0.1) is 6.54 Å². The maximum atomic E-state index is 11.6. The molecular weight excluding hydrogens is 258 g/mol. The molecule has 0 unspecified atom stereocenters. The fourth-order valence-corrected chi connectivity index (χ4v) is 2.34. The van der Waals surface area contributed by atoms with Crippen LogP contribution in [0.5, 0.6) is 0 Å². The SMILES string of the molecule is O=C(NCc1csc(=O)[nH]1)NC1(C(=O)O)CCC1. The van der Waals surface area contributed by atoms with Crippen molar-refractivity contribution in [2.45, 2.75) is 31.3 Å². The molecule has 0 aromatic carbocycles. The van der Waals surface area contributed by atoms with Crippen LogP contribution in [-0.2, 0) is 11.3 Å². The van der Waals surface area contributed by atoms with Gasteiger partial charge in [0.1, 0.15) is 5.54 Å². The van der Waals surface area contributed by atoms with Crippen molar-refractivity contribution in [3.63, 3.8) is 0 Å². The summed E-state index contributed by atoms with van der Waals surface area (Å²) in [5.41, 5.74) is -0.523. The topological polar surface area (TPSA) is 111 Å². The lowest BCUT2D eigenvalue weighted by Gasteiger charge is -2.38. The molecular formula is C10H13N3O4S. The van der Waals surface area contributed by atoms with E-state index in [4.69, 9.17) is 5.11 Å². The van der Waals surface area contributed by atoms with Crippen molar-refractivity contribution in [2.24, 2.45) is 0 Å². The number of carboxylic acid groups (broad SMARTS) is 1. The molecule has 7 nitrogen and oxygen atoms in total. The largest absolute Gasteiger partial charge is 0.480 e. The molecule has 1 aromatic heterocycles. The Bertz CT molecular complexity index is 517. The first-order valence-electron chi connectivity index (χ1n) is 5.48. The summed E-state index contributed by atoms with van der Waals surface area (Å²) in [5.74, 6) is -1.01. The Hall–Kier alpha value is -1.83. The number of hydrogen-bond acceptors (Lipinski definition) is 4. The molecule has 1 heterocycles. The van der Waals surface area contributed by atoms with Crippen molar-refractivity contribution in [1.82, 2.24) is 15.6 Å². The third-order valence-corrected chi connectivity index (χ3v) is 3.70. The lowest BCUT2D eigenvalue weighted by molar-refractivity contribution is -0.148. The Morgan fingerprint density at radius 3 is 2.67 bits per heavy atom. The summed E-state index contributed by atoms with van der Waals surface area (Å²) in [6.45, 7) is 0.167. The molecule has 0 spiro atoms. The van der Waals surface area contributed by atoms with Gasteiger partial charge in [0.25, 0.3) is 0 Å². The van der Waals surface area contributed by atoms with Crippen LogP contribution < -0.4 is 15.5 Å². The number of carboxylic acids is 1. The summed E-state index contributed by atoms with van der Waals surface area (Å²) in [5, 5.41) is 15.6. The maximum absolute atomic E-state index is 11.6. The van der Waals surface area contributed by atoms with Crippen LogP contribution in [0.25, 0.3) is 0 Å². The molecule has 1 fully saturated rings. The summed E-state index contributed by atoms with van der Waals surface area (Å²) in [7, 11) is 0. The smallest absolute Gasteiger partial charge is 0.329 e. The van der Waals surface area contributed by atoms with Gasteiger partial charge in [-0.25, -0.2) is 9.59 Å².